The third kappa shape index (κ3) is 7.41. The molecule has 0 unspecified atom stereocenters. The lowest BCUT2D eigenvalue weighted by atomic mass is 10.1. The van der Waals surface area contributed by atoms with E-state index in [1.54, 1.807) is 13.2 Å². The number of ether oxygens (including phenoxy) is 3. The molecule has 1 amide bonds. The molecular weight excluding hydrogens is 591 g/mol. The van der Waals surface area contributed by atoms with E-state index < -0.39 is 5.91 Å². The highest BCUT2D eigenvalue weighted by Crippen LogP contribution is 2.34. The molecule has 0 aliphatic carbocycles. The zero-order chi connectivity index (χ0) is 26.1. The third-order valence-electron chi connectivity index (χ3n) is 5.03. The Morgan fingerprint density at radius 1 is 1.14 bits per heavy atom. The number of nitrogens with one attached hydrogen (secondary N) is 1. The molecule has 0 saturated heterocycles. The molecule has 0 fully saturated rings. The molecule has 10 heteroatoms. The topological polar surface area (TPSA) is 106 Å². The molecule has 36 heavy (non-hydrogen) atoms. The molecule has 1 heterocycles. The lowest BCUT2D eigenvalue weighted by Gasteiger charge is -2.14. The SMILES string of the molecule is CCc1cc(C)cc(OCCOc2c(I)cc(C=C(C#N)C(=O)Nc3nnc(CC)s3)cc2OC)c1. The lowest BCUT2D eigenvalue weighted by molar-refractivity contribution is -0.112. The van der Waals surface area contributed by atoms with Crippen molar-refractivity contribution in [2.24, 2.45) is 0 Å². The van der Waals surface area contributed by atoms with E-state index in [0.717, 1.165) is 32.7 Å². The zero-order valence-electron chi connectivity index (χ0n) is 20.6. The van der Waals surface area contributed by atoms with Gasteiger partial charge in [-0.05, 0) is 89.4 Å². The summed E-state index contributed by atoms with van der Waals surface area (Å²) in [6, 6.07) is 11.7. The fourth-order valence-corrected chi connectivity index (χ4v) is 4.76. The van der Waals surface area contributed by atoms with Gasteiger partial charge in [-0.25, -0.2) is 0 Å². The molecule has 188 valence electrons. The minimum absolute atomic E-state index is 0.0622. The smallest absolute Gasteiger partial charge is 0.268 e. The van der Waals surface area contributed by atoms with Crippen LogP contribution in [0.15, 0.2) is 35.9 Å². The first-order valence-corrected chi connectivity index (χ1v) is 13.3. The Kier molecular flexibility index (Phi) is 10.1. The van der Waals surface area contributed by atoms with Gasteiger partial charge >= 0.3 is 0 Å². The number of anilines is 1. The molecule has 8 nitrogen and oxygen atoms in total. The first-order valence-electron chi connectivity index (χ1n) is 11.4. The number of nitriles is 1. The normalized spacial score (nSPS) is 11.1. The summed E-state index contributed by atoms with van der Waals surface area (Å²) in [5.41, 5.74) is 2.95. The van der Waals surface area contributed by atoms with E-state index in [0.29, 0.717) is 35.4 Å². The Bertz CT molecular complexity index is 1300. The Morgan fingerprint density at radius 2 is 1.92 bits per heavy atom. The molecule has 3 rings (SSSR count). The van der Waals surface area contributed by atoms with Gasteiger partial charge in [-0.2, -0.15) is 5.26 Å². The number of nitrogens with zero attached hydrogens (tertiary/aromatic N) is 3. The number of carbonyl (C=O) groups excluding carboxylic acids is 1. The van der Waals surface area contributed by atoms with Crippen LogP contribution in [0.5, 0.6) is 17.2 Å². The molecule has 0 spiro atoms. The highest BCUT2D eigenvalue weighted by Gasteiger charge is 2.15. The predicted octanol–water partition coefficient (Wildman–Crippen LogP) is 5.59. The van der Waals surface area contributed by atoms with Crippen molar-refractivity contribution in [3.63, 3.8) is 0 Å². The van der Waals surface area contributed by atoms with Crippen LogP contribution >= 0.6 is 33.9 Å². The van der Waals surface area contributed by atoms with Crippen LogP contribution in [0.25, 0.3) is 6.08 Å². The van der Waals surface area contributed by atoms with Crippen LogP contribution in [0.2, 0.25) is 0 Å². The van der Waals surface area contributed by atoms with E-state index in [2.05, 4.69) is 51.1 Å². The molecule has 0 radical (unpaired) electrons. The van der Waals surface area contributed by atoms with Crippen molar-refractivity contribution in [1.29, 1.82) is 5.26 Å². The number of rotatable bonds is 11. The van der Waals surface area contributed by atoms with Crippen molar-refractivity contribution in [3.05, 3.63) is 61.2 Å². The van der Waals surface area contributed by atoms with Gasteiger partial charge in [0.25, 0.3) is 5.91 Å². The number of amides is 1. The summed E-state index contributed by atoms with van der Waals surface area (Å²) in [6.07, 6.45) is 3.17. The summed E-state index contributed by atoms with van der Waals surface area (Å²) >= 11 is 3.42. The van der Waals surface area contributed by atoms with Crippen LogP contribution in [-0.4, -0.2) is 36.4 Å². The molecule has 0 atom stereocenters. The predicted molar refractivity (Wildman–Crippen MR) is 149 cm³/mol. The monoisotopic (exact) mass is 618 g/mol. The Balaban J connectivity index is 1.68. The van der Waals surface area contributed by atoms with E-state index in [1.807, 2.05) is 38.1 Å². The molecule has 1 aromatic heterocycles. The van der Waals surface area contributed by atoms with Crippen LogP contribution in [-0.2, 0) is 17.6 Å². The van der Waals surface area contributed by atoms with E-state index >= 15 is 0 Å². The molecular formula is C26H27IN4O4S. The van der Waals surface area contributed by atoms with E-state index in [1.165, 1.54) is 23.0 Å². The molecule has 3 aromatic rings. The fraction of sp³-hybridized carbons (Fsp3) is 0.308. The summed E-state index contributed by atoms with van der Waals surface area (Å²) in [7, 11) is 1.54. The average molecular weight is 618 g/mol. The van der Waals surface area contributed by atoms with Gasteiger partial charge in [0.2, 0.25) is 5.13 Å². The average Bonchev–Trinajstić information content (AvgIpc) is 3.32. The van der Waals surface area contributed by atoms with Gasteiger partial charge in [0, 0.05) is 0 Å². The number of carbonyl (C=O) groups is 1. The molecule has 0 saturated carbocycles. The number of methoxy groups -OCH3 is 1. The summed E-state index contributed by atoms with van der Waals surface area (Å²) in [6.45, 7) is 6.81. The van der Waals surface area contributed by atoms with E-state index in [9.17, 15) is 10.1 Å². The molecule has 0 bridgehead atoms. The third-order valence-corrected chi connectivity index (χ3v) is 6.82. The maximum absolute atomic E-state index is 12.6. The first-order chi connectivity index (χ1) is 17.4. The summed E-state index contributed by atoms with van der Waals surface area (Å²) in [4.78, 5) is 12.6. The van der Waals surface area contributed by atoms with Gasteiger partial charge in [0.1, 0.15) is 35.6 Å². The zero-order valence-corrected chi connectivity index (χ0v) is 23.5. The maximum atomic E-state index is 12.6. The maximum Gasteiger partial charge on any atom is 0.268 e. The molecule has 0 aliphatic heterocycles. The highest BCUT2D eigenvalue weighted by molar-refractivity contribution is 14.1. The standard InChI is InChI=1S/C26H27IN4O4S/c1-5-17-9-16(3)10-20(12-17)34-7-8-35-24-21(27)13-18(14-22(24)33-4)11-19(15-28)25(32)29-26-31-30-23(6-2)36-26/h9-14H,5-8H2,1-4H3,(H,29,31,32). The fourth-order valence-electron chi connectivity index (χ4n) is 3.31. The number of aromatic nitrogens is 2. The molecule has 0 aliphatic rings. The van der Waals surface area contributed by atoms with Crippen LogP contribution in [0.3, 0.4) is 0 Å². The van der Waals surface area contributed by atoms with Gasteiger partial charge in [-0.3, -0.25) is 10.1 Å². The lowest BCUT2D eigenvalue weighted by Crippen LogP contribution is -2.13. The summed E-state index contributed by atoms with van der Waals surface area (Å²) < 4.78 is 18.1. The second kappa shape index (κ2) is 13.2. The van der Waals surface area contributed by atoms with Crippen molar-refractivity contribution in [2.75, 3.05) is 25.6 Å². The van der Waals surface area contributed by atoms with E-state index in [-0.39, 0.29) is 5.57 Å². The first kappa shape index (κ1) is 27.4. The van der Waals surface area contributed by atoms with Gasteiger partial charge in [-0.1, -0.05) is 31.3 Å². The Morgan fingerprint density at radius 3 is 2.58 bits per heavy atom. The highest BCUT2D eigenvalue weighted by atomic mass is 127. The Labute approximate surface area is 228 Å². The second-order valence-corrected chi connectivity index (χ2v) is 9.94. The second-order valence-electron chi connectivity index (χ2n) is 7.72. The molecule has 1 N–H and O–H groups in total. The number of hydrogen-bond donors (Lipinski definition) is 1. The van der Waals surface area contributed by atoms with Crippen LogP contribution < -0.4 is 19.5 Å². The van der Waals surface area contributed by atoms with Crippen LogP contribution in [0.4, 0.5) is 5.13 Å². The van der Waals surface area contributed by atoms with Gasteiger partial charge in [0.05, 0.1) is 10.7 Å². The van der Waals surface area contributed by atoms with Crippen molar-refractivity contribution in [3.8, 4) is 23.3 Å². The largest absolute Gasteiger partial charge is 0.493 e. The summed E-state index contributed by atoms with van der Waals surface area (Å²) in [5, 5.41) is 21.2. The van der Waals surface area contributed by atoms with E-state index in [4.69, 9.17) is 14.2 Å². The van der Waals surface area contributed by atoms with Gasteiger partial charge in [-0.15, -0.1) is 10.2 Å². The van der Waals surface area contributed by atoms with Crippen molar-refractivity contribution < 1.29 is 19.0 Å². The van der Waals surface area contributed by atoms with Gasteiger partial charge < -0.3 is 14.2 Å². The number of halogens is 1. The van der Waals surface area contributed by atoms with Gasteiger partial charge in [0.15, 0.2) is 11.5 Å². The number of benzene rings is 2. The quantitative estimate of drug-likeness (QED) is 0.129. The van der Waals surface area contributed by atoms with Crippen molar-refractivity contribution in [1.82, 2.24) is 10.2 Å². The number of aryl methyl sites for hydroxylation is 3. The van der Waals surface area contributed by atoms with Crippen LogP contribution in [0, 0.1) is 21.8 Å². The summed E-state index contributed by atoms with van der Waals surface area (Å²) in [5.74, 6) is 1.33. The van der Waals surface area contributed by atoms with Crippen LogP contribution in [0.1, 0.15) is 35.5 Å². The minimum atomic E-state index is -0.551. The minimum Gasteiger partial charge on any atom is -0.493 e. The number of hydrogen-bond acceptors (Lipinski definition) is 8. The molecule has 2 aromatic carbocycles. The van der Waals surface area contributed by atoms with Crippen molar-refractivity contribution >= 4 is 51.0 Å². The van der Waals surface area contributed by atoms with Crippen molar-refractivity contribution in [2.45, 2.75) is 33.6 Å². The Hall–Kier alpha value is -3.17.